The molecule has 6 heteroatoms. The lowest BCUT2D eigenvalue weighted by Crippen LogP contribution is -2.31. The van der Waals surface area contributed by atoms with Crippen LogP contribution in [0.1, 0.15) is 11.1 Å². The van der Waals surface area contributed by atoms with Gasteiger partial charge in [0, 0.05) is 5.56 Å². The number of carbonyl (C=O) groups excluding carboxylic acids is 2. The van der Waals surface area contributed by atoms with Crippen LogP contribution in [-0.2, 0) is 16.1 Å². The molecule has 0 aromatic heterocycles. The fourth-order valence-corrected chi connectivity index (χ4v) is 2.79. The van der Waals surface area contributed by atoms with Crippen LogP contribution < -0.4 is 4.74 Å². The molecule has 0 radical (unpaired) electrons. The van der Waals surface area contributed by atoms with Gasteiger partial charge in [0.15, 0.2) is 0 Å². The Morgan fingerprint density at radius 3 is 2.33 bits per heavy atom. The number of carbonyl (C=O) groups is 2. The molecule has 1 aliphatic rings. The van der Waals surface area contributed by atoms with E-state index < -0.39 is 17.6 Å². The largest absolute Gasteiger partial charge is 0.497 e. The van der Waals surface area contributed by atoms with Gasteiger partial charge in [-0.25, -0.2) is 4.39 Å². The van der Waals surface area contributed by atoms with Crippen LogP contribution in [-0.4, -0.2) is 23.8 Å². The molecular weight excluding hydrogens is 333 g/mol. The van der Waals surface area contributed by atoms with Gasteiger partial charge in [-0.1, -0.05) is 41.9 Å². The summed E-state index contributed by atoms with van der Waals surface area (Å²) in [6, 6.07) is 12.6. The smallest absolute Gasteiger partial charge is 0.273 e. The minimum absolute atomic E-state index is 0.112. The van der Waals surface area contributed by atoms with E-state index in [0.29, 0.717) is 11.3 Å². The number of ether oxygens (including phenoxy) is 1. The summed E-state index contributed by atoms with van der Waals surface area (Å²) >= 11 is 6.08. The van der Waals surface area contributed by atoms with E-state index in [-0.39, 0.29) is 22.7 Å². The maximum atomic E-state index is 13.8. The van der Waals surface area contributed by atoms with Gasteiger partial charge in [0.1, 0.15) is 16.6 Å². The Kier molecular flexibility index (Phi) is 4.36. The highest BCUT2D eigenvalue weighted by atomic mass is 35.5. The van der Waals surface area contributed by atoms with Crippen molar-refractivity contribution in [1.82, 2.24) is 4.90 Å². The van der Waals surface area contributed by atoms with E-state index in [1.165, 1.54) is 19.2 Å². The van der Waals surface area contributed by atoms with Crippen molar-refractivity contribution in [2.75, 3.05) is 7.11 Å². The monoisotopic (exact) mass is 345 g/mol. The molecule has 0 unspecified atom stereocenters. The van der Waals surface area contributed by atoms with Crippen molar-refractivity contribution in [3.63, 3.8) is 0 Å². The summed E-state index contributed by atoms with van der Waals surface area (Å²) in [7, 11) is 1.53. The predicted octanol–water partition coefficient (Wildman–Crippen LogP) is 3.35. The molecule has 0 saturated heterocycles. The zero-order chi connectivity index (χ0) is 17.3. The highest BCUT2D eigenvalue weighted by Gasteiger charge is 2.38. The van der Waals surface area contributed by atoms with Crippen molar-refractivity contribution < 1.29 is 18.7 Å². The molecule has 2 aromatic carbocycles. The molecule has 1 aliphatic heterocycles. The fourth-order valence-electron chi connectivity index (χ4n) is 2.49. The van der Waals surface area contributed by atoms with E-state index >= 15 is 0 Å². The third kappa shape index (κ3) is 2.78. The van der Waals surface area contributed by atoms with E-state index in [4.69, 9.17) is 16.3 Å². The lowest BCUT2D eigenvalue weighted by molar-refractivity contribution is -0.137. The van der Waals surface area contributed by atoms with Crippen LogP contribution >= 0.6 is 11.6 Å². The molecule has 0 atom stereocenters. The van der Waals surface area contributed by atoms with Gasteiger partial charge in [-0.05, 0) is 23.8 Å². The highest BCUT2D eigenvalue weighted by Crippen LogP contribution is 2.33. The summed E-state index contributed by atoms with van der Waals surface area (Å²) in [5, 5.41) is -0.165. The number of amides is 2. The van der Waals surface area contributed by atoms with E-state index in [2.05, 4.69) is 0 Å². The summed E-state index contributed by atoms with van der Waals surface area (Å²) in [6.07, 6.45) is 0. The predicted molar refractivity (Wildman–Crippen MR) is 87.7 cm³/mol. The Balaban J connectivity index is 1.91. The molecule has 2 aromatic rings. The standard InChI is InChI=1S/C18H13ClFNO3/c1-24-13-8-6-11(7-9-13)15-16(19)18(23)21(17(15)22)10-12-4-2-3-5-14(12)20/h2-9H,10H2,1H3. The number of methoxy groups -OCH3 is 1. The summed E-state index contributed by atoms with van der Waals surface area (Å²) in [5.74, 6) is -1.03. The molecule has 4 nitrogen and oxygen atoms in total. The Morgan fingerprint density at radius 1 is 1.04 bits per heavy atom. The van der Waals surface area contributed by atoms with Crippen LogP contribution in [0.4, 0.5) is 4.39 Å². The summed E-state index contributed by atoms with van der Waals surface area (Å²) in [4.78, 5) is 25.9. The molecule has 24 heavy (non-hydrogen) atoms. The molecule has 0 saturated carbocycles. The van der Waals surface area contributed by atoms with E-state index in [0.717, 1.165) is 4.90 Å². The number of benzene rings is 2. The second-order valence-corrected chi connectivity index (χ2v) is 5.58. The van der Waals surface area contributed by atoms with Gasteiger partial charge in [-0.15, -0.1) is 0 Å². The fraction of sp³-hybridized carbons (Fsp3) is 0.111. The van der Waals surface area contributed by atoms with Crippen molar-refractivity contribution in [2.45, 2.75) is 6.54 Å². The van der Waals surface area contributed by atoms with Gasteiger partial charge in [0.2, 0.25) is 0 Å². The SMILES string of the molecule is COc1ccc(C2=C(Cl)C(=O)N(Cc3ccccc3F)C2=O)cc1. The molecule has 1 heterocycles. The van der Waals surface area contributed by atoms with Gasteiger partial charge in [0.25, 0.3) is 11.8 Å². The number of imide groups is 1. The summed E-state index contributed by atoms with van der Waals surface area (Å²) in [6.45, 7) is -0.166. The van der Waals surface area contributed by atoms with E-state index in [1.807, 2.05) is 0 Å². The first kappa shape index (κ1) is 16.2. The number of hydrogen-bond donors (Lipinski definition) is 0. The first-order chi connectivity index (χ1) is 11.5. The summed E-state index contributed by atoms with van der Waals surface area (Å²) < 4.78 is 18.9. The maximum Gasteiger partial charge on any atom is 0.273 e. The molecule has 0 spiro atoms. The molecular formula is C18H13ClFNO3. The van der Waals surface area contributed by atoms with Gasteiger partial charge in [-0.3, -0.25) is 14.5 Å². The molecule has 0 aliphatic carbocycles. The third-order valence-electron chi connectivity index (χ3n) is 3.78. The number of nitrogens with zero attached hydrogens (tertiary/aromatic N) is 1. The summed E-state index contributed by atoms with van der Waals surface area (Å²) in [5.41, 5.74) is 0.871. The second-order valence-electron chi connectivity index (χ2n) is 5.21. The molecule has 0 N–H and O–H groups in total. The lowest BCUT2D eigenvalue weighted by atomic mass is 10.1. The van der Waals surface area contributed by atoms with Gasteiger partial charge in [-0.2, -0.15) is 0 Å². The molecule has 0 bridgehead atoms. The second kappa shape index (κ2) is 6.45. The Morgan fingerprint density at radius 2 is 1.71 bits per heavy atom. The van der Waals surface area contributed by atoms with Gasteiger partial charge < -0.3 is 4.74 Å². The van der Waals surface area contributed by atoms with E-state index in [9.17, 15) is 14.0 Å². The van der Waals surface area contributed by atoms with Gasteiger partial charge in [0.05, 0.1) is 19.2 Å². The number of hydrogen-bond acceptors (Lipinski definition) is 3. The first-order valence-corrected chi connectivity index (χ1v) is 7.54. The average molecular weight is 346 g/mol. The van der Waals surface area contributed by atoms with Crippen LogP contribution in [0.5, 0.6) is 5.75 Å². The average Bonchev–Trinajstić information content (AvgIpc) is 2.80. The zero-order valence-corrected chi connectivity index (χ0v) is 13.5. The van der Waals surface area contributed by atoms with Crippen LogP contribution in [0.25, 0.3) is 5.57 Å². The van der Waals surface area contributed by atoms with Crippen molar-refractivity contribution >= 4 is 29.0 Å². The maximum absolute atomic E-state index is 13.8. The molecule has 2 amide bonds. The minimum Gasteiger partial charge on any atom is -0.497 e. The minimum atomic E-state index is -0.629. The Hall–Kier alpha value is -2.66. The van der Waals surface area contributed by atoms with Crippen molar-refractivity contribution in [2.24, 2.45) is 0 Å². The molecule has 0 fully saturated rings. The van der Waals surface area contributed by atoms with Crippen molar-refractivity contribution in [3.05, 3.63) is 70.5 Å². The molecule has 122 valence electrons. The Bertz CT molecular complexity index is 846. The first-order valence-electron chi connectivity index (χ1n) is 7.16. The topological polar surface area (TPSA) is 46.6 Å². The van der Waals surface area contributed by atoms with Crippen LogP contribution in [0.15, 0.2) is 53.6 Å². The highest BCUT2D eigenvalue weighted by molar-refractivity contribution is 6.55. The lowest BCUT2D eigenvalue weighted by Gasteiger charge is -2.15. The molecule has 3 rings (SSSR count). The zero-order valence-electron chi connectivity index (χ0n) is 12.8. The Labute approximate surface area is 143 Å². The quantitative estimate of drug-likeness (QED) is 0.798. The van der Waals surface area contributed by atoms with Gasteiger partial charge >= 0.3 is 0 Å². The van der Waals surface area contributed by atoms with Crippen molar-refractivity contribution in [1.29, 1.82) is 0 Å². The number of rotatable bonds is 4. The van der Waals surface area contributed by atoms with Crippen LogP contribution in [0.2, 0.25) is 0 Å². The van der Waals surface area contributed by atoms with Crippen LogP contribution in [0, 0.1) is 5.82 Å². The van der Waals surface area contributed by atoms with Crippen molar-refractivity contribution in [3.8, 4) is 5.75 Å². The van der Waals surface area contributed by atoms with Crippen LogP contribution in [0.3, 0.4) is 0 Å². The normalized spacial score (nSPS) is 14.5. The third-order valence-corrected chi connectivity index (χ3v) is 4.13. The van der Waals surface area contributed by atoms with E-state index in [1.54, 1.807) is 36.4 Å². The number of halogens is 2.